The molecule has 1 aromatic carbocycles. The Hall–Kier alpha value is -1.23. The van der Waals surface area contributed by atoms with Gasteiger partial charge in [0.05, 0.1) is 23.6 Å². The third-order valence-corrected chi connectivity index (χ3v) is 4.77. The predicted molar refractivity (Wildman–Crippen MR) is 84.3 cm³/mol. The SMILES string of the molecule is CCOc1cc(C2(C(=O)O)CCCCC2)cc(Br)c1OC. The van der Waals surface area contributed by atoms with Crippen LogP contribution in [0.1, 0.15) is 44.6 Å². The lowest BCUT2D eigenvalue weighted by Gasteiger charge is -2.34. The molecule has 0 atom stereocenters. The van der Waals surface area contributed by atoms with Crippen molar-refractivity contribution in [2.24, 2.45) is 0 Å². The quantitative estimate of drug-likeness (QED) is 0.860. The summed E-state index contributed by atoms with van der Waals surface area (Å²) in [5.41, 5.74) is -0.00959. The molecule has 0 aromatic heterocycles. The summed E-state index contributed by atoms with van der Waals surface area (Å²) >= 11 is 3.47. The lowest BCUT2D eigenvalue weighted by Crippen LogP contribution is -2.37. The molecule has 0 heterocycles. The number of carboxylic acids is 1. The first-order valence-corrected chi connectivity index (χ1v) is 8.08. The first-order chi connectivity index (χ1) is 10.0. The molecule has 0 radical (unpaired) electrons. The van der Waals surface area contributed by atoms with E-state index in [4.69, 9.17) is 9.47 Å². The summed E-state index contributed by atoms with van der Waals surface area (Å²) in [6.45, 7) is 2.40. The third-order valence-electron chi connectivity index (χ3n) is 4.18. The summed E-state index contributed by atoms with van der Waals surface area (Å²) in [5.74, 6) is 0.453. The highest BCUT2D eigenvalue weighted by Gasteiger charge is 2.42. The minimum atomic E-state index is -0.807. The van der Waals surface area contributed by atoms with E-state index in [0.717, 1.165) is 29.3 Å². The molecular formula is C16H21BrO4. The highest BCUT2D eigenvalue weighted by molar-refractivity contribution is 9.10. The van der Waals surface area contributed by atoms with Crippen molar-refractivity contribution in [1.29, 1.82) is 0 Å². The zero-order chi connectivity index (χ0) is 15.5. The molecule has 0 amide bonds. The Morgan fingerprint density at radius 1 is 1.33 bits per heavy atom. The molecule has 21 heavy (non-hydrogen) atoms. The average Bonchev–Trinajstić information content (AvgIpc) is 2.48. The third kappa shape index (κ3) is 3.03. The van der Waals surface area contributed by atoms with Crippen molar-refractivity contribution in [3.05, 3.63) is 22.2 Å². The standard InChI is InChI=1S/C16H21BrO4/c1-3-21-13-10-11(9-12(17)14(13)20-2)16(15(18)19)7-5-4-6-8-16/h9-10H,3-8H2,1-2H3,(H,18,19). The maximum atomic E-state index is 11.9. The number of methoxy groups -OCH3 is 1. The molecule has 4 nitrogen and oxygen atoms in total. The van der Waals surface area contributed by atoms with Crippen LogP contribution in [0.3, 0.4) is 0 Å². The van der Waals surface area contributed by atoms with Crippen LogP contribution in [0, 0.1) is 0 Å². The Balaban J connectivity index is 2.53. The molecule has 1 N–H and O–H groups in total. The van der Waals surface area contributed by atoms with Crippen LogP contribution in [0.15, 0.2) is 16.6 Å². The molecule has 0 saturated heterocycles. The zero-order valence-corrected chi connectivity index (χ0v) is 14.0. The molecule has 2 rings (SSSR count). The molecule has 1 aliphatic carbocycles. The predicted octanol–water partition coefficient (Wildman–Crippen LogP) is 4.14. The summed E-state index contributed by atoms with van der Waals surface area (Å²) in [4.78, 5) is 11.9. The highest BCUT2D eigenvalue weighted by atomic mass is 79.9. The molecule has 5 heteroatoms. The molecule has 0 aliphatic heterocycles. The van der Waals surface area contributed by atoms with Crippen molar-refractivity contribution < 1.29 is 19.4 Å². The number of hydrogen-bond acceptors (Lipinski definition) is 3. The van der Waals surface area contributed by atoms with E-state index in [2.05, 4.69) is 15.9 Å². The minimum Gasteiger partial charge on any atom is -0.492 e. The number of ether oxygens (including phenoxy) is 2. The van der Waals surface area contributed by atoms with Gasteiger partial charge in [-0.1, -0.05) is 19.3 Å². The van der Waals surface area contributed by atoms with Gasteiger partial charge in [0.15, 0.2) is 11.5 Å². The van der Waals surface area contributed by atoms with Crippen LogP contribution < -0.4 is 9.47 Å². The van der Waals surface area contributed by atoms with Gasteiger partial charge in [0.2, 0.25) is 0 Å². The van der Waals surface area contributed by atoms with Crippen LogP contribution in [-0.2, 0) is 10.2 Å². The van der Waals surface area contributed by atoms with Crippen LogP contribution >= 0.6 is 15.9 Å². The smallest absolute Gasteiger partial charge is 0.314 e. The lowest BCUT2D eigenvalue weighted by atomic mass is 9.69. The van der Waals surface area contributed by atoms with Crippen LogP contribution in [0.2, 0.25) is 0 Å². The van der Waals surface area contributed by atoms with E-state index in [9.17, 15) is 9.90 Å². The highest BCUT2D eigenvalue weighted by Crippen LogP contribution is 2.45. The molecule has 1 aliphatic rings. The Morgan fingerprint density at radius 3 is 2.52 bits per heavy atom. The van der Waals surface area contributed by atoms with Gasteiger partial charge in [-0.25, -0.2) is 0 Å². The van der Waals surface area contributed by atoms with Gasteiger partial charge >= 0.3 is 5.97 Å². The number of benzene rings is 1. The van der Waals surface area contributed by atoms with Gasteiger partial charge in [0, 0.05) is 0 Å². The van der Waals surface area contributed by atoms with E-state index in [1.807, 2.05) is 19.1 Å². The van der Waals surface area contributed by atoms with Crippen LogP contribution in [0.5, 0.6) is 11.5 Å². The fourth-order valence-corrected chi connectivity index (χ4v) is 3.69. The van der Waals surface area contributed by atoms with Gasteiger partial charge in [-0.15, -0.1) is 0 Å². The normalized spacial score (nSPS) is 17.3. The monoisotopic (exact) mass is 356 g/mol. The largest absolute Gasteiger partial charge is 0.492 e. The molecule has 1 fully saturated rings. The second kappa shape index (κ2) is 6.69. The van der Waals surface area contributed by atoms with Crippen molar-refractivity contribution in [2.75, 3.05) is 13.7 Å². The Morgan fingerprint density at radius 2 is 2.00 bits per heavy atom. The number of halogens is 1. The minimum absolute atomic E-state index is 0.506. The average molecular weight is 357 g/mol. The first-order valence-electron chi connectivity index (χ1n) is 7.29. The molecule has 1 saturated carbocycles. The van der Waals surface area contributed by atoms with Gasteiger partial charge in [0.1, 0.15) is 0 Å². The lowest BCUT2D eigenvalue weighted by molar-refractivity contribution is -0.145. The summed E-state index contributed by atoms with van der Waals surface area (Å²) < 4.78 is 11.7. The number of carboxylic acid groups (broad SMARTS) is 1. The van der Waals surface area contributed by atoms with E-state index in [1.165, 1.54) is 0 Å². The van der Waals surface area contributed by atoms with E-state index in [-0.39, 0.29) is 0 Å². The van der Waals surface area contributed by atoms with E-state index >= 15 is 0 Å². The van der Waals surface area contributed by atoms with Crippen LogP contribution in [0.25, 0.3) is 0 Å². The summed E-state index contributed by atoms with van der Waals surface area (Å²) in [6.07, 6.45) is 4.34. The summed E-state index contributed by atoms with van der Waals surface area (Å²) in [6, 6.07) is 3.69. The molecule has 0 bridgehead atoms. The molecule has 1 aromatic rings. The maximum Gasteiger partial charge on any atom is 0.314 e. The fraction of sp³-hybridized carbons (Fsp3) is 0.562. The van der Waals surface area contributed by atoms with Crippen molar-refractivity contribution in [3.63, 3.8) is 0 Å². The van der Waals surface area contributed by atoms with Crippen molar-refractivity contribution in [2.45, 2.75) is 44.4 Å². The number of rotatable bonds is 5. The van der Waals surface area contributed by atoms with Crippen molar-refractivity contribution in [3.8, 4) is 11.5 Å². The zero-order valence-electron chi connectivity index (χ0n) is 12.4. The maximum absolute atomic E-state index is 11.9. The van der Waals surface area contributed by atoms with E-state index < -0.39 is 11.4 Å². The van der Waals surface area contributed by atoms with Gasteiger partial charge < -0.3 is 14.6 Å². The first kappa shape index (κ1) is 16.1. The van der Waals surface area contributed by atoms with Crippen LogP contribution in [0.4, 0.5) is 0 Å². The Kier molecular flexibility index (Phi) is 5.14. The topological polar surface area (TPSA) is 55.8 Å². The second-order valence-corrected chi connectivity index (χ2v) is 6.22. The Labute approximate surface area is 133 Å². The molecule has 0 spiro atoms. The second-order valence-electron chi connectivity index (χ2n) is 5.37. The van der Waals surface area contributed by atoms with Crippen LogP contribution in [-0.4, -0.2) is 24.8 Å². The summed E-state index contributed by atoms with van der Waals surface area (Å²) in [7, 11) is 1.58. The number of aliphatic carboxylic acids is 1. The van der Waals surface area contributed by atoms with Gasteiger partial charge in [-0.3, -0.25) is 4.79 Å². The molecule has 116 valence electrons. The van der Waals surface area contributed by atoms with Crippen molar-refractivity contribution in [1.82, 2.24) is 0 Å². The Bertz CT molecular complexity index is 521. The van der Waals surface area contributed by atoms with Gasteiger partial charge in [0.25, 0.3) is 0 Å². The number of carbonyl (C=O) groups is 1. The van der Waals surface area contributed by atoms with E-state index in [1.54, 1.807) is 7.11 Å². The van der Waals surface area contributed by atoms with E-state index in [0.29, 0.717) is 30.9 Å². The van der Waals surface area contributed by atoms with Gasteiger partial charge in [-0.2, -0.15) is 0 Å². The van der Waals surface area contributed by atoms with Crippen molar-refractivity contribution >= 4 is 21.9 Å². The molecular weight excluding hydrogens is 336 g/mol. The van der Waals surface area contributed by atoms with Gasteiger partial charge in [-0.05, 0) is 53.4 Å². The summed E-state index contributed by atoms with van der Waals surface area (Å²) in [5, 5.41) is 9.79. The number of hydrogen-bond donors (Lipinski definition) is 1. The fourth-order valence-electron chi connectivity index (χ4n) is 3.09. The molecule has 0 unspecified atom stereocenters.